The van der Waals surface area contributed by atoms with Gasteiger partial charge >= 0.3 is 6.09 Å². The van der Waals surface area contributed by atoms with Gasteiger partial charge in [0, 0.05) is 12.0 Å². The summed E-state index contributed by atoms with van der Waals surface area (Å²) in [5.74, 6) is 0.529. The Morgan fingerprint density at radius 2 is 1.89 bits per heavy atom. The number of carbonyl (C=O) groups excluding carboxylic acids is 1. The molecule has 0 heterocycles. The van der Waals surface area contributed by atoms with Crippen molar-refractivity contribution in [3.8, 4) is 5.75 Å². The molecule has 0 spiro atoms. The van der Waals surface area contributed by atoms with Crippen LogP contribution in [0, 0.1) is 5.41 Å². The zero-order chi connectivity index (χ0) is 13.6. The van der Waals surface area contributed by atoms with Crippen LogP contribution in [-0.2, 0) is 0 Å². The molecule has 0 aliphatic heterocycles. The van der Waals surface area contributed by atoms with Gasteiger partial charge in [-0.05, 0) is 25.0 Å². The van der Waals surface area contributed by atoms with Crippen LogP contribution in [0.5, 0.6) is 5.75 Å². The molecule has 2 rings (SSSR count). The van der Waals surface area contributed by atoms with E-state index in [4.69, 9.17) is 4.74 Å². The number of aliphatic hydroxyl groups is 1. The molecule has 0 aromatic heterocycles. The van der Waals surface area contributed by atoms with E-state index in [0.717, 1.165) is 25.7 Å². The van der Waals surface area contributed by atoms with Gasteiger partial charge in [-0.2, -0.15) is 0 Å². The highest BCUT2D eigenvalue weighted by atomic mass is 16.6. The van der Waals surface area contributed by atoms with Crippen LogP contribution in [0.15, 0.2) is 30.3 Å². The quantitative estimate of drug-likeness (QED) is 0.878. The molecule has 0 saturated heterocycles. The Bertz CT molecular complexity index is 399. The molecular formula is C15H21NO3. The summed E-state index contributed by atoms with van der Waals surface area (Å²) in [7, 11) is 0. The molecule has 1 amide bonds. The van der Waals surface area contributed by atoms with Crippen LogP contribution < -0.4 is 10.1 Å². The lowest BCUT2D eigenvalue weighted by Gasteiger charge is -2.35. The average Bonchev–Trinajstić information content (AvgIpc) is 2.47. The molecule has 1 aromatic rings. The van der Waals surface area contributed by atoms with Crippen LogP contribution in [-0.4, -0.2) is 24.4 Å². The maximum atomic E-state index is 11.7. The first-order chi connectivity index (χ1) is 9.24. The molecule has 1 aliphatic carbocycles. The Labute approximate surface area is 113 Å². The van der Waals surface area contributed by atoms with Crippen molar-refractivity contribution in [1.82, 2.24) is 5.32 Å². The Kier molecular flexibility index (Phi) is 4.80. The maximum Gasteiger partial charge on any atom is 0.412 e. The van der Waals surface area contributed by atoms with Crippen molar-refractivity contribution in [3.05, 3.63) is 30.3 Å². The van der Waals surface area contributed by atoms with E-state index < -0.39 is 6.09 Å². The minimum Gasteiger partial charge on any atom is -0.410 e. The molecule has 2 N–H and O–H groups in total. The number of ether oxygens (including phenoxy) is 1. The maximum absolute atomic E-state index is 11.7. The minimum atomic E-state index is -0.454. The van der Waals surface area contributed by atoms with E-state index in [1.165, 1.54) is 6.42 Å². The fraction of sp³-hybridized carbons (Fsp3) is 0.533. The molecule has 104 valence electrons. The van der Waals surface area contributed by atoms with Gasteiger partial charge in [-0.3, -0.25) is 0 Å². The van der Waals surface area contributed by atoms with Gasteiger partial charge in [-0.1, -0.05) is 37.5 Å². The predicted octanol–water partition coefficient (Wildman–Crippen LogP) is 2.72. The number of rotatable bonds is 4. The van der Waals surface area contributed by atoms with Crippen molar-refractivity contribution in [2.75, 3.05) is 13.2 Å². The summed E-state index contributed by atoms with van der Waals surface area (Å²) < 4.78 is 5.16. The van der Waals surface area contributed by atoms with Crippen LogP contribution >= 0.6 is 0 Å². The number of para-hydroxylation sites is 1. The van der Waals surface area contributed by atoms with E-state index in [0.29, 0.717) is 12.3 Å². The zero-order valence-corrected chi connectivity index (χ0v) is 11.1. The number of amides is 1. The normalized spacial score (nSPS) is 17.7. The van der Waals surface area contributed by atoms with Gasteiger partial charge in [0.2, 0.25) is 0 Å². The van der Waals surface area contributed by atoms with Crippen molar-refractivity contribution in [3.63, 3.8) is 0 Å². The Morgan fingerprint density at radius 3 is 2.53 bits per heavy atom. The van der Waals surface area contributed by atoms with E-state index in [9.17, 15) is 9.90 Å². The number of hydrogen-bond acceptors (Lipinski definition) is 3. The molecule has 19 heavy (non-hydrogen) atoms. The minimum absolute atomic E-state index is 0.124. The SMILES string of the molecule is O=C(NCC1(CO)CCCCC1)Oc1ccccc1. The topological polar surface area (TPSA) is 58.6 Å². The molecule has 1 fully saturated rings. The molecular weight excluding hydrogens is 242 g/mol. The van der Waals surface area contributed by atoms with Crippen LogP contribution in [0.2, 0.25) is 0 Å². The first-order valence-corrected chi connectivity index (χ1v) is 6.86. The molecule has 1 aromatic carbocycles. The van der Waals surface area contributed by atoms with Gasteiger partial charge in [-0.15, -0.1) is 0 Å². The molecule has 4 heteroatoms. The average molecular weight is 263 g/mol. The summed E-state index contributed by atoms with van der Waals surface area (Å²) in [5.41, 5.74) is -0.159. The highest BCUT2D eigenvalue weighted by Gasteiger charge is 2.31. The van der Waals surface area contributed by atoms with E-state index in [1.54, 1.807) is 12.1 Å². The first kappa shape index (κ1) is 13.9. The molecule has 0 radical (unpaired) electrons. The van der Waals surface area contributed by atoms with E-state index in [1.807, 2.05) is 18.2 Å². The summed E-state index contributed by atoms with van der Waals surface area (Å²) in [6.07, 6.45) is 4.94. The van der Waals surface area contributed by atoms with Crippen LogP contribution in [0.3, 0.4) is 0 Å². The summed E-state index contributed by atoms with van der Waals surface area (Å²) in [4.78, 5) is 11.7. The summed E-state index contributed by atoms with van der Waals surface area (Å²) in [6.45, 7) is 0.605. The lowest BCUT2D eigenvalue weighted by atomic mass is 9.74. The molecule has 0 unspecified atom stereocenters. The molecule has 1 aliphatic rings. The highest BCUT2D eigenvalue weighted by molar-refractivity contribution is 5.70. The largest absolute Gasteiger partial charge is 0.412 e. The van der Waals surface area contributed by atoms with Crippen molar-refractivity contribution >= 4 is 6.09 Å². The third-order valence-electron chi connectivity index (χ3n) is 3.81. The fourth-order valence-corrected chi connectivity index (χ4v) is 2.58. The standard InChI is InChI=1S/C15H21NO3/c17-12-15(9-5-2-6-10-15)11-16-14(18)19-13-7-3-1-4-8-13/h1,3-4,7-8,17H,2,5-6,9-12H2,(H,16,18). The lowest BCUT2D eigenvalue weighted by molar-refractivity contribution is 0.0811. The summed E-state index contributed by atoms with van der Waals surface area (Å²) in [6, 6.07) is 8.98. The Hall–Kier alpha value is -1.55. The van der Waals surface area contributed by atoms with Gasteiger partial charge in [0.25, 0.3) is 0 Å². The van der Waals surface area contributed by atoms with Gasteiger partial charge in [-0.25, -0.2) is 4.79 Å². The molecule has 4 nitrogen and oxygen atoms in total. The monoisotopic (exact) mass is 263 g/mol. The van der Waals surface area contributed by atoms with Gasteiger partial charge in [0.1, 0.15) is 5.75 Å². The lowest BCUT2D eigenvalue weighted by Crippen LogP contribution is -2.42. The second-order valence-corrected chi connectivity index (χ2v) is 5.27. The van der Waals surface area contributed by atoms with Crippen molar-refractivity contribution in [1.29, 1.82) is 0 Å². The van der Waals surface area contributed by atoms with Crippen molar-refractivity contribution < 1.29 is 14.6 Å². The van der Waals surface area contributed by atoms with Crippen LogP contribution in [0.1, 0.15) is 32.1 Å². The van der Waals surface area contributed by atoms with Gasteiger partial charge in [0.05, 0.1) is 6.61 Å². The number of aliphatic hydroxyl groups excluding tert-OH is 1. The van der Waals surface area contributed by atoms with Gasteiger partial charge in [0.15, 0.2) is 0 Å². The van der Waals surface area contributed by atoms with E-state index in [-0.39, 0.29) is 12.0 Å². The molecule has 0 atom stereocenters. The second-order valence-electron chi connectivity index (χ2n) is 5.27. The van der Waals surface area contributed by atoms with Crippen molar-refractivity contribution in [2.45, 2.75) is 32.1 Å². The Morgan fingerprint density at radius 1 is 1.21 bits per heavy atom. The summed E-state index contributed by atoms with van der Waals surface area (Å²) >= 11 is 0. The molecule has 1 saturated carbocycles. The molecule has 0 bridgehead atoms. The number of benzene rings is 1. The third kappa shape index (κ3) is 3.96. The number of hydrogen-bond donors (Lipinski definition) is 2. The number of carbonyl (C=O) groups is 1. The van der Waals surface area contributed by atoms with Crippen LogP contribution in [0.25, 0.3) is 0 Å². The first-order valence-electron chi connectivity index (χ1n) is 6.86. The number of nitrogens with one attached hydrogen (secondary N) is 1. The Balaban J connectivity index is 1.82. The zero-order valence-electron chi connectivity index (χ0n) is 11.1. The van der Waals surface area contributed by atoms with E-state index >= 15 is 0 Å². The smallest absolute Gasteiger partial charge is 0.410 e. The predicted molar refractivity (Wildman–Crippen MR) is 73.1 cm³/mol. The summed E-state index contributed by atoms with van der Waals surface area (Å²) in [5, 5.41) is 12.3. The van der Waals surface area contributed by atoms with Crippen LogP contribution in [0.4, 0.5) is 4.79 Å². The fourth-order valence-electron chi connectivity index (χ4n) is 2.58. The van der Waals surface area contributed by atoms with E-state index in [2.05, 4.69) is 5.32 Å². The second kappa shape index (κ2) is 6.57. The highest BCUT2D eigenvalue weighted by Crippen LogP contribution is 2.35. The third-order valence-corrected chi connectivity index (χ3v) is 3.81. The van der Waals surface area contributed by atoms with Gasteiger partial charge < -0.3 is 15.2 Å². The van der Waals surface area contributed by atoms with Crippen molar-refractivity contribution in [2.24, 2.45) is 5.41 Å².